The van der Waals surface area contributed by atoms with Crippen molar-refractivity contribution in [3.05, 3.63) is 65.7 Å². The third-order valence-electron chi connectivity index (χ3n) is 2.85. The molecule has 2 aromatic rings. The third kappa shape index (κ3) is 3.95. The van der Waals surface area contributed by atoms with Crippen LogP contribution in [-0.2, 0) is 6.54 Å². The van der Waals surface area contributed by atoms with Gasteiger partial charge in [0.15, 0.2) is 5.78 Å². The number of Topliss-reactive ketones (excluding diaryl/α,β-unsaturated/α-hetero) is 1. The monoisotopic (exact) mass is 268 g/mol. The maximum atomic E-state index is 11.7. The lowest BCUT2D eigenvalue weighted by Gasteiger charge is -2.08. The Morgan fingerprint density at radius 3 is 2.20 bits per heavy atom. The molecule has 4 nitrogen and oxygen atoms in total. The molecule has 0 radical (unpaired) electrons. The van der Waals surface area contributed by atoms with E-state index in [0.29, 0.717) is 17.8 Å². The summed E-state index contributed by atoms with van der Waals surface area (Å²) >= 11 is 0. The van der Waals surface area contributed by atoms with Crippen LogP contribution in [0.25, 0.3) is 0 Å². The van der Waals surface area contributed by atoms with Crippen LogP contribution in [0.5, 0.6) is 0 Å². The van der Waals surface area contributed by atoms with E-state index in [0.717, 1.165) is 5.56 Å². The lowest BCUT2D eigenvalue weighted by Crippen LogP contribution is -2.28. The van der Waals surface area contributed by atoms with Gasteiger partial charge in [-0.3, -0.25) is 4.79 Å². The predicted molar refractivity (Wildman–Crippen MR) is 78.7 cm³/mol. The van der Waals surface area contributed by atoms with Crippen LogP contribution in [0.4, 0.5) is 10.5 Å². The first kappa shape index (κ1) is 13.8. The average molecular weight is 268 g/mol. The van der Waals surface area contributed by atoms with Gasteiger partial charge in [-0.15, -0.1) is 0 Å². The van der Waals surface area contributed by atoms with Gasteiger partial charge in [0.1, 0.15) is 0 Å². The number of urea groups is 1. The van der Waals surface area contributed by atoms with Crippen molar-refractivity contribution in [2.45, 2.75) is 13.5 Å². The van der Waals surface area contributed by atoms with Crippen molar-refractivity contribution < 1.29 is 9.59 Å². The highest BCUT2D eigenvalue weighted by molar-refractivity contribution is 5.95. The topological polar surface area (TPSA) is 58.2 Å². The number of anilines is 1. The molecule has 0 aliphatic heterocycles. The normalized spacial score (nSPS) is 9.85. The second-order valence-electron chi connectivity index (χ2n) is 4.43. The van der Waals surface area contributed by atoms with Crippen molar-refractivity contribution in [2.75, 3.05) is 5.32 Å². The van der Waals surface area contributed by atoms with Crippen LogP contribution in [0, 0.1) is 0 Å². The van der Waals surface area contributed by atoms with E-state index < -0.39 is 0 Å². The number of amides is 2. The van der Waals surface area contributed by atoms with Gasteiger partial charge >= 0.3 is 6.03 Å². The minimum absolute atomic E-state index is 0.00470. The summed E-state index contributed by atoms with van der Waals surface area (Å²) in [4.78, 5) is 22.9. The van der Waals surface area contributed by atoms with Crippen molar-refractivity contribution in [3.63, 3.8) is 0 Å². The molecule has 2 aromatic carbocycles. The maximum absolute atomic E-state index is 11.7. The summed E-state index contributed by atoms with van der Waals surface area (Å²) in [6.07, 6.45) is 0. The zero-order valence-electron chi connectivity index (χ0n) is 11.2. The Labute approximate surface area is 117 Å². The van der Waals surface area contributed by atoms with Crippen LogP contribution < -0.4 is 10.6 Å². The molecule has 2 amide bonds. The number of carbonyl (C=O) groups is 2. The molecule has 0 spiro atoms. The number of ketones is 1. The molecule has 0 saturated carbocycles. The first-order valence-electron chi connectivity index (χ1n) is 6.35. The van der Waals surface area contributed by atoms with E-state index in [-0.39, 0.29) is 11.8 Å². The Morgan fingerprint density at radius 1 is 0.950 bits per heavy atom. The second kappa shape index (κ2) is 6.52. The van der Waals surface area contributed by atoms with Crippen molar-refractivity contribution in [3.8, 4) is 0 Å². The standard InChI is InChI=1S/C16H16N2O2/c1-12(19)14-7-9-15(10-8-14)18-16(20)17-11-13-5-3-2-4-6-13/h2-10H,11H2,1H3,(H2,17,18,20). The quantitative estimate of drug-likeness (QED) is 0.836. The Kier molecular flexibility index (Phi) is 4.50. The molecule has 0 aromatic heterocycles. The summed E-state index contributed by atoms with van der Waals surface area (Å²) in [6.45, 7) is 1.98. The van der Waals surface area contributed by atoms with Crippen LogP contribution in [0.15, 0.2) is 54.6 Å². The highest BCUT2D eigenvalue weighted by Crippen LogP contribution is 2.09. The van der Waals surface area contributed by atoms with E-state index in [2.05, 4.69) is 10.6 Å². The van der Waals surface area contributed by atoms with E-state index in [1.165, 1.54) is 6.92 Å². The molecule has 0 heterocycles. The number of benzene rings is 2. The second-order valence-corrected chi connectivity index (χ2v) is 4.43. The zero-order chi connectivity index (χ0) is 14.4. The van der Waals surface area contributed by atoms with Gasteiger partial charge in [-0.1, -0.05) is 30.3 Å². The van der Waals surface area contributed by atoms with E-state index >= 15 is 0 Å². The van der Waals surface area contributed by atoms with Crippen LogP contribution in [0.3, 0.4) is 0 Å². The summed E-state index contributed by atoms with van der Waals surface area (Å²) in [5, 5.41) is 5.48. The summed E-state index contributed by atoms with van der Waals surface area (Å²) in [5.41, 5.74) is 2.32. The number of carbonyl (C=O) groups excluding carboxylic acids is 2. The van der Waals surface area contributed by atoms with Gasteiger partial charge < -0.3 is 10.6 Å². The van der Waals surface area contributed by atoms with Gasteiger partial charge in [0.25, 0.3) is 0 Å². The highest BCUT2D eigenvalue weighted by Gasteiger charge is 2.03. The van der Waals surface area contributed by atoms with E-state index in [9.17, 15) is 9.59 Å². The number of hydrogen-bond acceptors (Lipinski definition) is 2. The zero-order valence-corrected chi connectivity index (χ0v) is 11.2. The fraction of sp³-hybridized carbons (Fsp3) is 0.125. The number of hydrogen-bond donors (Lipinski definition) is 2. The molecule has 2 rings (SSSR count). The molecule has 0 saturated heterocycles. The fourth-order valence-electron chi connectivity index (χ4n) is 1.74. The molecule has 4 heteroatoms. The SMILES string of the molecule is CC(=O)c1ccc(NC(=O)NCc2ccccc2)cc1. The van der Waals surface area contributed by atoms with Gasteiger partial charge in [0.05, 0.1) is 0 Å². The summed E-state index contributed by atoms with van der Waals surface area (Å²) in [6, 6.07) is 16.2. The van der Waals surface area contributed by atoms with E-state index in [4.69, 9.17) is 0 Å². The van der Waals surface area contributed by atoms with Crippen LogP contribution in [-0.4, -0.2) is 11.8 Å². The van der Waals surface area contributed by atoms with Gasteiger partial charge in [-0.2, -0.15) is 0 Å². The molecule has 0 fully saturated rings. The van der Waals surface area contributed by atoms with Gasteiger partial charge in [-0.25, -0.2) is 4.79 Å². The van der Waals surface area contributed by atoms with Gasteiger partial charge in [-0.05, 0) is 36.8 Å². The summed E-state index contributed by atoms with van der Waals surface area (Å²) < 4.78 is 0. The number of nitrogens with one attached hydrogen (secondary N) is 2. The molecule has 0 unspecified atom stereocenters. The van der Waals surface area contributed by atoms with E-state index in [1.807, 2.05) is 30.3 Å². The maximum Gasteiger partial charge on any atom is 0.319 e. The highest BCUT2D eigenvalue weighted by atomic mass is 16.2. The third-order valence-corrected chi connectivity index (χ3v) is 2.85. The minimum Gasteiger partial charge on any atom is -0.334 e. The Morgan fingerprint density at radius 2 is 1.60 bits per heavy atom. The molecular weight excluding hydrogens is 252 g/mol. The first-order chi connectivity index (χ1) is 9.65. The molecular formula is C16H16N2O2. The van der Waals surface area contributed by atoms with Crippen molar-refractivity contribution in [1.29, 1.82) is 0 Å². The first-order valence-corrected chi connectivity index (χ1v) is 6.35. The summed E-state index contributed by atoms with van der Waals surface area (Å²) in [7, 11) is 0. The molecule has 0 atom stereocenters. The Balaban J connectivity index is 1.86. The summed E-state index contributed by atoms with van der Waals surface area (Å²) in [5.74, 6) is 0.00470. The van der Waals surface area contributed by atoms with Crippen molar-refractivity contribution in [2.24, 2.45) is 0 Å². The number of rotatable bonds is 4. The van der Waals surface area contributed by atoms with Crippen LogP contribution >= 0.6 is 0 Å². The molecule has 0 aliphatic carbocycles. The van der Waals surface area contributed by atoms with E-state index in [1.54, 1.807) is 24.3 Å². The molecule has 2 N–H and O–H groups in total. The smallest absolute Gasteiger partial charge is 0.319 e. The van der Waals surface area contributed by atoms with Crippen molar-refractivity contribution in [1.82, 2.24) is 5.32 Å². The predicted octanol–water partition coefficient (Wildman–Crippen LogP) is 3.21. The molecule has 20 heavy (non-hydrogen) atoms. The molecule has 102 valence electrons. The largest absolute Gasteiger partial charge is 0.334 e. The average Bonchev–Trinajstić information content (AvgIpc) is 2.47. The lowest BCUT2D eigenvalue weighted by molar-refractivity contribution is 0.101. The Hall–Kier alpha value is -2.62. The minimum atomic E-state index is -0.274. The van der Waals surface area contributed by atoms with Gasteiger partial charge in [0, 0.05) is 17.8 Å². The fourth-order valence-corrected chi connectivity index (χ4v) is 1.74. The Bertz CT molecular complexity index is 592. The molecule has 0 aliphatic rings. The lowest BCUT2D eigenvalue weighted by atomic mass is 10.1. The van der Waals surface area contributed by atoms with Crippen molar-refractivity contribution >= 4 is 17.5 Å². The van der Waals surface area contributed by atoms with Crippen LogP contribution in [0.2, 0.25) is 0 Å². The van der Waals surface area contributed by atoms with Gasteiger partial charge in [0.2, 0.25) is 0 Å². The van der Waals surface area contributed by atoms with Crippen LogP contribution in [0.1, 0.15) is 22.8 Å². The molecule has 0 bridgehead atoms.